The molecule has 40 heavy (non-hydrogen) atoms. The van der Waals surface area contributed by atoms with Crippen molar-refractivity contribution in [1.82, 2.24) is 0 Å². The van der Waals surface area contributed by atoms with Gasteiger partial charge in [0.1, 0.15) is 28.5 Å². The van der Waals surface area contributed by atoms with Crippen molar-refractivity contribution in [2.45, 2.75) is 46.8 Å². The molecule has 1 aliphatic heterocycles. The van der Waals surface area contributed by atoms with Crippen LogP contribution in [-0.4, -0.2) is 45.7 Å². The van der Waals surface area contributed by atoms with E-state index >= 15 is 0 Å². The van der Waals surface area contributed by atoms with Gasteiger partial charge in [0, 0.05) is 23.6 Å². The SMILES string of the molecule is COc1cc(OS(=O)(=O)CC(C)C)ccc1N1c2cccc(COC(=O)c3ccc(C)s3)c2N(C)C(=O)C1(C)C. The number of hydrogen-bond acceptors (Lipinski definition) is 9. The van der Waals surface area contributed by atoms with Gasteiger partial charge in [-0.15, -0.1) is 11.3 Å². The van der Waals surface area contributed by atoms with Gasteiger partial charge in [0.15, 0.2) is 0 Å². The summed E-state index contributed by atoms with van der Waals surface area (Å²) in [5, 5.41) is 0. The Labute approximate surface area is 239 Å². The number of benzene rings is 2. The predicted octanol–water partition coefficient (Wildman–Crippen LogP) is 5.68. The lowest BCUT2D eigenvalue weighted by atomic mass is 9.92. The number of carbonyl (C=O) groups is 2. The number of nitrogens with zero attached hydrogens (tertiary/aromatic N) is 2. The number of carbonyl (C=O) groups excluding carboxylic acids is 2. The third kappa shape index (κ3) is 5.80. The summed E-state index contributed by atoms with van der Waals surface area (Å²) >= 11 is 1.36. The number of fused-ring (bicyclic) bond motifs is 1. The van der Waals surface area contributed by atoms with Crippen LogP contribution in [0.2, 0.25) is 0 Å². The van der Waals surface area contributed by atoms with E-state index in [-0.39, 0.29) is 29.9 Å². The maximum Gasteiger partial charge on any atom is 0.348 e. The van der Waals surface area contributed by atoms with Crippen molar-refractivity contribution in [1.29, 1.82) is 0 Å². The molecule has 0 saturated heterocycles. The minimum Gasteiger partial charge on any atom is -0.494 e. The topological polar surface area (TPSA) is 102 Å². The van der Waals surface area contributed by atoms with Gasteiger partial charge in [-0.25, -0.2) is 4.79 Å². The lowest BCUT2D eigenvalue weighted by Gasteiger charge is -2.47. The minimum absolute atomic E-state index is 0.0253. The molecule has 4 rings (SSSR count). The zero-order valence-corrected chi connectivity index (χ0v) is 25.3. The molecule has 0 N–H and O–H groups in total. The van der Waals surface area contributed by atoms with Gasteiger partial charge < -0.3 is 23.5 Å². The number of aryl methyl sites for hydroxylation is 1. The zero-order chi connectivity index (χ0) is 29.4. The quantitative estimate of drug-likeness (QED) is 0.233. The van der Waals surface area contributed by atoms with Crippen molar-refractivity contribution < 1.29 is 31.7 Å². The second-order valence-electron chi connectivity index (χ2n) is 10.6. The fourth-order valence-corrected chi connectivity index (χ4v) is 6.89. The number of likely N-dealkylation sites (N-methyl/N-ethyl adjacent to an activating group) is 1. The van der Waals surface area contributed by atoms with Gasteiger partial charge in [-0.2, -0.15) is 8.42 Å². The van der Waals surface area contributed by atoms with Gasteiger partial charge in [-0.3, -0.25) is 4.79 Å². The minimum atomic E-state index is -3.79. The Morgan fingerprint density at radius 1 is 1.07 bits per heavy atom. The first-order chi connectivity index (χ1) is 18.7. The van der Waals surface area contributed by atoms with E-state index in [1.807, 2.05) is 36.1 Å². The van der Waals surface area contributed by atoms with Crippen LogP contribution in [0.4, 0.5) is 17.1 Å². The third-order valence-electron chi connectivity index (χ3n) is 6.51. The molecule has 0 spiro atoms. The summed E-state index contributed by atoms with van der Waals surface area (Å²) in [6.07, 6.45) is 0. The van der Waals surface area contributed by atoms with E-state index < -0.39 is 21.6 Å². The number of rotatable bonds is 9. The number of ether oxygens (including phenoxy) is 2. The second-order valence-corrected chi connectivity index (χ2v) is 13.5. The van der Waals surface area contributed by atoms with Gasteiger partial charge in [0.2, 0.25) is 0 Å². The Morgan fingerprint density at radius 2 is 1.80 bits per heavy atom. The second kappa shape index (κ2) is 11.1. The van der Waals surface area contributed by atoms with Crippen LogP contribution in [0.25, 0.3) is 0 Å². The maximum absolute atomic E-state index is 13.7. The molecule has 2 aromatic carbocycles. The maximum atomic E-state index is 13.7. The van der Waals surface area contributed by atoms with Crippen LogP contribution >= 0.6 is 11.3 Å². The molecule has 0 unspecified atom stereocenters. The molecular weight excluding hydrogens is 552 g/mol. The van der Waals surface area contributed by atoms with Gasteiger partial charge in [-0.1, -0.05) is 26.0 Å². The standard InChI is InChI=1S/C29H34N2O7S2/c1-18(2)17-40(34,35)38-21-12-13-22(24(15-21)36-7)31-23-10-8-9-20(26(23)30(6)28(33)29(31,4)5)16-37-27(32)25-14-11-19(3)39-25/h8-15,18H,16-17H2,1-7H3. The fraction of sp³-hybridized carbons (Fsp3) is 0.379. The predicted molar refractivity (Wildman–Crippen MR) is 156 cm³/mol. The Bertz CT molecular complexity index is 1540. The summed E-state index contributed by atoms with van der Waals surface area (Å²) in [5.41, 5.74) is 1.47. The Balaban J connectivity index is 1.74. The number of thiophene rings is 1. The summed E-state index contributed by atoms with van der Waals surface area (Å²) in [6, 6.07) is 13.9. The molecule has 0 atom stereocenters. The van der Waals surface area contributed by atoms with Crippen LogP contribution in [0.15, 0.2) is 48.5 Å². The van der Waals surface area contributed by atoms with Crippen LogP contribution in [-0.2, 0) is 26.3 Å². The van der Waals surface area contributed by atoms with Crippen LogP contribution in [0.5, 0.6) is 11.5 Å². The molecule has 214 valence electrons. The van der Waals surface area contributed by atoms with Crippen molar-refractivity contribution in [3.63, 3.8) is 0 Å². The fourth-order valence-electron chi connectivity index (χ4n) is 4.84. The first kappa shape index (κ1) is 29.4. The van der Waals surface area contributed by atoms with E-state index in [1.54, 1.807) is 57.8 Å². The van der Waals surface area contributed by atoms with E-state index in [1.165, 1.54) is 24.5 Å². The number of methoxy groups -OCH3 is 1. The normalized spacial score (nSPS) is 14.8. The summed E-state index contributed by atoms with van der Waals surface area (Å²) in [4.78, 5) is 31.3. The molecule has 1 amide bonds. The highest BCUT2D eigenvalue weighted by Crippen LogP contribution is 2.49. The number of amides is 1. The summed E-state index contributed by atoms with van der Waals surface area (Å²) in [5.74, 6) is -0.383. The van der Waals surface area contributed by atoms with Crippen molar-refractivity contribution in [3.05, 3.63) is 63.8 Å². The molecule has 1 aliphatic rings. The number of esters is 1. The molecular formula is C29H34N2O7S2. The molecule has 0 aliphatic carbocycles. The molecule has 0 saturated carbocycles. The first-order valence-corrected chi connectivity index (χ1v) is 15.2. The molecule has 2 heterocycles. The molecule has 11 heteroatoms. The van der Waals surface area contributed by atoms with E-state index in [0.717, 1.165) is 4.88 Å². The van der Waals surface area contributed by atoms with Gasteiger partial charge in [-0.05, 0) is 57.0 Å². The lowest BCUT2D eigenvalue weighted by Crippen LogP contribution is -2.57. The van der Waals surface area contributed by atoms with Crippen LogP contribution < -0.4 is 18.7 Å². The Morgan fingerprint density at radius 3 is 2.42 bits per heavy atom. The Hall–Kier alpha value is -3.57. The van der Waals surface area contributed by atoms with Crippen molar-refractivity contribution in [2.75, 3.05) is 29.7 Å². The van der Waals surface area contributed by atoms with E-state index in [4.69, 9.17) is 13.7 Å². The molecule has 1 aromatic heterocycles. The van der Waals surface area contributed by atoms with E-state index in [0.29, 0.717) is 33.3 Å². The smallest absolute Gasteiger partial charge is 0.348 e. The van der Waals surface area contributed by atoms with Crippen LogP contribution in [0.1, 0.15) is 47.8 Å². The average molecular weight is 587 g/mol. The van der Waals surface area contributed by atoms with Gasteiger partial charge in [0.25, 0.3) is 5.91 Å². The largest absolute Gasteiger partial charge is 0.494 e. The highest BCUT2D eigenvalue weighted by atomic mass is 32.2. The van der Waals surface area contributed by atoms with Gasteiger partial charge in [0.05, 0.1) is 29.9 Å². The van der Waals surface area contributed by atoms with E-state index in [9.17, 15) is 18.0 Å². The van der Waals surface area contributed by atoms with E-state index in [2.05, 4.69) is 0 Å². The zero-order valence-electron chi connectivity index (χ0n) is 23.7. The van der Waals surface area contributed by atoms with Crippen molar-refractivity contribution in [3.8, 4) is 11.5 Å². The average Bonchev–Trinajstić information content (AvgIpc) is 3.31. The summed E-state index contributed by atoms with van der Waals surface area (Å²) in [6.45, 7) is 9.10. The molecule has 3 aromatic rings. The number of para-hydroxylation sites is 1. The third-order valence-corrected chi connectivity index (χ3v) is 9.02. The molecule has 0 radical (unpaired) electrons. The Kier molecular flexibility index (Phi) is 8.18. The highest BCUT2D eigenvalue weighted by Gasteiger charge is 2.45. The van der Waals surface area contributed by atoms with Gasteiger partial charge >= 0.3 is 16.1 Å². The highest BCUT2D eigenvalue weighted by molar-refractivity contribution is 7.87. The van der Waals surface area contributed by atoms with Crippen molar-refractivity contribution in [2.24, 2.45) is 5.92 Å². The molecule has 0 bridgehead atoms. The van der Waals surface area contributed by atoms with Crippen LogP contribution in [0.3, 0.4) is 0 Å². The van der Waals surface area contributed by atoms with Crippen LogP contribution in [0, 0.1) is 12.8 Å². The van der Waals surface area contributed by atoms with Crippen molar-refractivity contribution >= 4 is 50.4 Å². The molecule has 0 fully saturated rings. The summed E-state index contributed by atoms with van der Waals surface area (Å²) < 4.78 is 41.4. The molecule has 9 nitrogen and oxygen atoms in total. The first-order valence-electron chi connectivity index (χ1n) is 12.8. The lowest BCUT2D eigenvalue weighted by molar-refractivity contribution is -0.122. The number of anilines is 3. The monoisotopic (exact) mass is 586 g/mol. The summed E-state index contributed by atoms with van der Waals surface area (Å²) in [7, 11) is -0.625. The number of hydrogen-bond donors (Lipinski definition) is 0.